The summed E-state index contributed by atoms with van der Waals surface area (Å²) in [6.45, 7) is 8.45. The van der Waals surface area contributed by atoms with Crippen LogP contribution >= 0.6 is 34.8 Å². The van der Waals surface area contributed by atoms with Crippen molar-refractivity contribution in [3.63, 3.8) is 0 Å². The number of carbonyl (C=O) groups excluding carboxylic acids is 1. The lowest BCUT2D eigenvalue weighted by Crippen LogP contribution is -2.26. The van der Waals surface area contributed by atoms with E-state index in [0.29, 0.717) is 31.0 Å². The predicted molar refractivity (Wildman–Crippen MR) is 83.7 cm³/mol. The second-order valence-electron chi connectivity index (χ2n) is 5.76. The third-order valence-electron chi connectivity index (χ3n) is 2.99. The molecule has 1 saturated heterocycles. The topological polar surface area (TPSA) is 44.8 Å². The number of ether oxygens (including phenoxy) is 3. The van der Waals surface area contributed by atoms with Crippen LogP contribution in [0.5, 0.6) is 0 Å². The summed E-state index contributed by atoms with van der Waals surface area (Å²) in [7, 11) is 0. The molecule has 0 amide bonds. The van der Waals surface area contributed by atoms with Crippen LogP contribution in [-0.4, -0.2) is 35.7 Å². The van der Waals surface area contributed by atoms with Crippen molar-refractivity contribution < 1.29 is 19.0 Å². The summed E-state index contributed by atoms with van der Waals surface area (Å²) < 4.78 is 14.6. The molecule has 1 aliphatic rings. The summed E-state index contributed by atoms with van der Waals surface area (Å²) in [4.78, 5) is 12.3. The van der Waals surface area contributed by atoms with Crippen LogP contribution < -0.4 is 0 Å². The van der Waals surface area contributed by atoms with E-state index >= 15 is 0 Å². The van der Waals surface area contributed by atoms with Gasteiger partial charge in [-0.1, -0.05) is 48.7 Å². The first-order chi connectivity index (χ1) is 9.56. The molecule has 1 fully saturated rings. The Morgan fingerprint density at radius 2 is 2.05 bits per heavy atom. The molecule has 0 aromatic heterocycles. The molecule has 0 spiro atoms. The fourth-order valence-electron chi connectivity index (χ4n) is 2.06. The van der Waals surface area contributed by atoms with Gasteiger partial charge in [0.05, 0.1) is 12.7 Å². The van der Waals surface area contributed by atoms with Crippen LogP contribution in [0.25, 0.3) is 0 Å². The van der Waals surface area contributed by atoms with Gasteiger partial charge in [0.1, 0.15) is 17.9 Å². The molecule has 0 N–H and O–H groups in total. The van der Waals surface area contributed by atoms with Gasteiger partial charge in [0, 0.05) is 18.4 Å². The number of rotatable bonds is 5. The van der Waals surface area contributed by atoms with E-state index in [1.807, 2.05) is 6.92 Å². The Balaban J connectivity index is 2.93. The Hall–Kier alpha value is -0.160. The molecule has 1 atom stereocenters. The van der Waals surface area contributed by atoms with Crippen LogP contribution in [0.4, 0.5) is 0 Å². The van der Waals surface area contributed by atoms with Gasteiger partial charge in [-0.25, -0.2) is 4.79 Å². The van der Waals surface area contributed by atoms with E-state index < -0.39 is 15.9 Å². The Morgan fingerprint density at radius 1 is 1.43 bits per heavy atom. The van der Waals surface area contributed by atoms with Crippen LogP contribution in [0.2, 0.25) is 0 Å². The van der Waals surface area contributed by atoms with Crippen LogP contribution in [-0.2, 0) is 19.0 Å². The number of carbonyl (C=O) groups is 1. The summed E-state index contributed by atoms with van der Waals surface area (Å²) in [5.41, 5.74) is 0.332. The first-order valence-corrected chi connectivity index (χ1v) is 7.90. The van der Waals surface area contributed by atoms with Crippen molar-refractivity contribution >= 4 is 40.8 Å². The minimum absolute atomic E-state index is 0.0258. The number of hydrogen-bond donors (Lipinski definition) is 0. The van der Waals surface area contributed by atoms with Crippen molar-refractivity contribution in [2.24, 2.45) is 5.41 Å². The Kier molecular flexibility index (Phi) is 6.66. The predicted octanol–water partition coefficient (Wildman–Crippen LogP) is 4.03. The molecule has 0 radical (unpaired) electrons. The Bertz CT molecular complexity index is 413. The molecular weight excluding hydrogens is 339 g/mol. The van der Waals surface area contributed by atoms with E-state index in [-0.39, 0.29) is 12.0 Å². The second-order valence-corrected chi connectivity index (χ2v) is 8.27. The molecular formula is C14H21Cl3O4. The fraction of sp³-hybridized carbons (Fsp3) is 0.786. The molecule has 4 nitrogen and oxygen atoms in total. The van der Waals surface area contributed by atoms with Crippen LogP contribution in [0.15, 0.2) is 11.3 Å². The zero-order valence-corrected chi connectivity index (χ0v) is 14.9. The fourth-order valence-corrected chi connectivity index (χ4v) is 2.22. The van der Waals surface area contributed by atoms with E-state index in [0.717, 1.165) is 0 Å². The lowest BCUT2D eigenvalue weighted by Gasteiger charge is -2.19. The molecule has 0 aromatic rings. The molecule has 0 aromatic carbocycles. The van der Waals surface area contributed by atoms with Gasteiger partial charge in [-0.15, -0.1) is 0 Å². The quantitative estimate of drug-likeness (QED) is 0.422. The molecule has 0 aliphatic carbocycles. The maximum absolute atomic E-state index is 12.3. The van der Waals surface area contributed by atoms with Gasteiger partial charge in [0.2, 0.25) is 3.79 Å². The normalized spacial score (nSPS) is 21.7. The minimum atomic E-state index is -1.64. The van der Waals surface area contributed by atoms with Crippen molar-refractivity contribution in [1.82, 2.24) is 0 Å². The van der Waals surface area contributed by atoms with Gasteiger partial charge >= 0.3 is 5.97 Å². The van der Waals surface area contributed by atoms with E-state index in [4.69, 9.17) is 49.0 Å². The minimum Gasteiger partial charge on any atom is -0.497 e. The molecule has 1 heterocycles. The van der Waals surface area contributed by atoms with E-state index in [1.165, 1.54) is 0 Å². The highest BCUT2D eigenvalue weighted by molar-refractivity contribution is 6.67. The van der Waals surface area contributed by atoms with Crippen LogP contribution in [0.1, 0.15) is 34.1 Å². The van der Waals surface area contributed by atoms with Crippen molar-refractivity contribution in [2.75, 3.05) is 19.8 Å². The average molecular weight is 360 g/mol. The lowest BCUT2D eigenvalue weighted by molar-refractivity contribution is -0.140. The first kappa shape index (κ1) is 18.9. The van der Waals surface area contributed by atoms with Gasteiger partial charge in [0.25, 0.3) is 0 Å². The number of hydrogen-bond acceptors (Lipinski definition) is 4. The highest BCUT2D eigenvalue weighted by Crippen LogP contribution is 2.37. The maximum atomic E-state index is 12.3. The smallest absolute Gasteiger partial charge is 0.340 e. The van der Waals surface area contributed by atoms with Gasteiger partial charge in [0.15, 0.2) is 0 Å². The van der Waals surface area contributed by atoms with E-state index in [2.05, 4.69) is 13.8 Å². The molecule has 122 valence electrons. The maximum Gasteiger partial charge on any atom is 0.340 e. The first-order valence-electron chi connectivity index (χ1n) is 6.77. The summed E-state index contributed by atoms with van der Waals surface area (Å²) in [5.74, 6) is 0.0187. The molecule has 1 rings (SSSR count). The van der Waals surface area contributed by atoms with Crippen LogP contribution in [0.3, 0.4) is 0 Å². The molecule has 1 aliphatic heterocycles. The largest absolute Gasteiger partial charge is 0.497 e. The second kappa shape index (κ2) is 7.40. The van der Waals surface area contributed by atoms with E-state index in [9.17, 15) is 4.79 Å². The van der Waals surface area contributed by atoms with Crippen molar-refractivity contribution in [3.8, 4) is 0 Å². The summed E-state index contributed by atoms with van der Waals surface area (Å²) in [5, 5.41) is 0. The van der Waals surface area contributed by atoms with Gasteiger partial charge in [-0.3, -0.25) is 0 Å². The van der Waals surface area contributed by atoms with Crippen molar-refractivity contribution in [1.29, 1.82) is 0 Å². The molecule has 21 heavy (non-hydrogen) atoms. The number of alkyl halides is 3. The monoisotopic (exact) mass is 358 g/mol. The van der Waals surface area contributed by atoms with Gasteiger partial charge in [-0.2, -0.15) is 0 Å². The van der Waals surface area contributed by atoms with Crippen LogP contribution in [0, 0.1) is 5.41 Å². The van der Waals surface area contributed by atoms with Gasteiger partial charge in [-0.05, 0) is 13.8 Å². The van der Waals surface area contributed by atoms with Crippen molar-refractivity contribution in [2.45, 2.75) is 44.0 Å². The third kappa shape index (κ3) is 6.23. The highest BCUT2D eigenvalue weighted by Gasteiger charge is 2.35. The van der Waals surface area contributed by atoms with E-state index in [1.54, 1.807) is 6.92 Å². The molecule has 0 saturated carbocycles. The van der Waals surface area contributed by atoms with Crippen molar-refractivity contribution in [3.05, 3.63) is 11.3 Å². The molecule has 1 unspecified atom stereocenters. The number of esters is 1. The molecule has 7 heteroatoms. The zero-order valence-electron chi connectivity index (χ0n) is 12.7. The number of halogens is 3. The standard InChI is InChI=1S/C14H21Cl3O4/c1-5-19-9(2)11(10-6-13(3,4)7-20-10)12(18)21-8-14(15,16)17/h9H,5-8H2,1-4H3/b11-10-. The highest BCUT2D eigenvalue weighted by atomic mass is 35.6. The lowest BCUT2D eigenvalue weighted by atomic mass is 9.90. The van der Waals surface area contributed by atoms with Gasteiger partial charge < -0.3 is 14.2 Å². The number of allylic oxidation sites excluding steroid dienone is 1. The summed E-state index contributed by atoms with van der Waals surface area (Å²) in [6, 6.07) is 0. The SMILES string of the molecule is CCOC(C)/C(C(=O)OCC(Cl)(Cl)Cl)=C1\CC(C)(C)CO1. The zero-order chi connectivity index (χ0) is 16.3. The third-order valence-corrected chi connectivity index (χ3v) is 3.31. The summed E-state index contributed by atoms with van der Waals surface area (Å²) >= 11 is 16.8. The average Bonchev–Trinajstić information content (AvgIpc) is 2.66. The summed E-state index contributed by atoms with van der Waals surface area (Å²) in [6.07, 6.45) is 0.199. The Morgan fingerprint density at radius 3 is 2.48 bits per heavy atom. The Labute approximate surface area is 140 Å². The molecule has 0 bridgehead atoms.